The first-order chi connectivity index (χ1) is 13.4. The third kappa shape index (κ3) is 6.06. The highest BCUT2D eigenvalue weighted by atomic mass is 32.2. The molecule has 0 saturated heterocycles. The Kier molecular flexibility index (Phi) is 7.45. The molecule has 0 aliphatic carbocycles. The first-order valence-corrected chi connectivity index (χ1v) is 9.01. The summed E-state index contributed by atoms with van der Waals surface area (Å²) in [4.78, 5) is 32.3. The zero-order valence-electron chi connectivity index (χ0n) is 14.7. The number of methoxy groups -OCH3 is 1. The van der Waals surface area contributed by atoms with E-state index in [2.05, 4.69) is 10.5 Å². The summed E-state index contributed by atoms with van der Waals surface area (Å²) in [6, 6.07) is 10.1. The van der Waals surface area contributed by atoms with Gasteiger partial charge in [-0.15, -0.1) is 11.8 Å². The fourth-order valence-corrected chi connectivity index (χ4v) is 2.90. The number of carbonyl (C=O) groups excluding carboxylic acids is 1. The molecule has 1 N–H and O–H groups in total. The number of non-ortho nitro benzene ring substituents is 2. The Morgan fingerprint density at radius 2 is 1.79 bits per heavy atom. The number of rotatable bonds is 9. The molecule has 0 heterocycles. The molecule has 2 aromatic rings. The molecule has 0 aromatic heterocycles. The van der Waals surface area contributed by atoms with E-state index in [1.165, 1.54) is 55.4 Å². The van der Waals surface area contributed by atoms with Crippen LogP contribution in [-0.4, -0.2) is 34.8 Å². The highest BCUT2D eigenvalue weighted by molar-refractivity contribution is 7.99. The summed E-state index contributed by atoms with van der Waals surface area (Å²) in [6.45, 7) is 0. The lowest BCUT2D eigenvalue weighted by Crippen LogP contribution is -2.19. The van der Waals surface area contributed by atoms with Crippen LogP contribution in [-0.2, 0) is 10.5 Å². The summed E-state index contributed by atoms with van der Waals surface area (Å²) in [5.74, 6) is 0.664. The van der Waals surface area contributed by atoms with E-state index in [1.54, 1.807) is 12.1 Å². The van der Waals surface area contributed by atoms with Crippen LogP contribution in [0.1, 0.15) is 11.1 Å². The van der Waals surface area contributed by atoms with Crippen LogP contribution in [0.2, 0.25) is 0 Å². The molecule has 0 spiro atoms. The van der Waals surface area contributed by atoms with Gasteiger partial charge in [0.1, 0.15) is 5.75 Å². The summed E-state index contributed by atoms with van der Waals surface area (Å²) in [7, 11) is 1.42. The smallest absolute Gasteiger partial charge is 0.270 e. The lowest BCUT2D eigenvalue weighted by Gasteiger charge is -2.04. The van der Waals surface area contributed by atoms with Gasteiger partial charge in [0.2, 0.25) is 5.91 Å². The Hall–Kier alpha value is -3.47. The van der Waals surface area contributed by atoms with Gasteiger partial charge in [-0.25, -0.2) is 5.43 Å². The van der Waals surface area contributed by atoms with Crippen molar-refractivity contribution in [2.45, 2.75) is 5.75 Å². The van der Waals surface area contributed by atoms with Gasteiger partial charge in [0, 0.05) is 35.6 Å². The van der Waals surface area contributed by atoms with Gasteiger partial charge in [-0.05, 0) is 11.6 Å². The Morgan fingerprint density at radius 1 is 1.14 bits per heavy atom. The first-order valence-electron chi connectivity index (χ1n) is 7.86. The number of nitrogens with one attached hydrogen (secondary N) is 1. The third-order valence-corrected chi connectivity index (χ3v) is 4.47. The SMILES string of the molecule is COc1ccc([N+](=O)[O-])cc1C=NNC(=O)CSCc1ccc([N+](=O)[O-])cc1. The van der Waals surface area contributed by atoms with Gasteiger partial charge >= 0.3 is 0 Å². The van der Waals surface area contributed by atoms with Gasteiger partial charge in [-0.2, -0.15) is 5.10 Å². The number of nitro groups is 2. The van der Waals surface area contributed by atoms with Crippen LogP contribution in [0.15, 0.2) is 47.6 Å². The number of hydrogen-bond acceptors (Lipinski definition) is 8. The molecular formula is C17H16N4O6S. The van der Waals surface area contributed by atoms with Crippen molar-refractivity contribution >= 4 is 35.3 Å². The number of benzene rings is 2. The van der Waals surface area contributed by atoms with E-state index in [1.807, 2.05) is 0 Å². The molecule has 0 aliphatic heterocycles. The molecule has 0 saturated carbocycles. The van der Waals surface area contributed by atoms with Crippen molar-refractivity contribution in [3.63, 3.8) is 0 Å². The minimum Gasteiger partial charge on any atom is -0.496 e. The molecule has 0 bridgehead atoms. The van der Waals surface area contributed by atoms with E-state index in [4.69, 9.17) is 4.74 Å². The largest absolute Gasteiger partial charge is 0.496 e. The van der Waals surface area contributed by atoms with E-state index >= 15 is 0 Å². The second-order valence-corrected chi connectivity index (χ2v) is 6.38. The van der Waals surface area contributed by atoms with E-state index in [-0.39, 0.29) is 23.0 Å². The van der Waals surface area contributed by atoms with Crippen LogP contribution in [0.5, 0.6) is 5.75 Å². The predicted molar refractivity (Wildman–Crippen MR) is 105 cm³/mol. The van der Waals surface area contributed by atoms with E-state index < -0.39 is 9.85 Å². The van der Waals surface area contributed by atoms with Crippen molar-refractivity contribution in [1.82, 2.24) is 5.43 Å². The highest BCUT2D eigenvalue weighted by Gasteiger charge is 2.10. The van der Waals surface area contributed by atoms with E-state index in [0.717, 1.165) is 5.56 Å². The number of amides is 1. The Bertz CT molecular complexity index is 901. The normalized spacial score (nSPS) is 10.6. The number of hydrogen-bond donors (Lipinski definition) is 1. The topological polar surface area (TPSA) is 137 Å². The summed E-state index contributed by atoms with van der Waals surface area (Å²) in [6.07, 6.45) is 1.27. The molecule has 146 valence electrons. The van der Waals surface area contributed by atoms with Crippen molar-refractivity contribution in [3.05, 3.63) is 73.8 Å². The van der Waals surface area contributed by atoms with Crippen LogP contribution in [0.4, 0.5) is 11.4 Å². The number of thioether (sulfide) groups is 1. The molecular weight excluding hydrogens is 388 g/mol. The number of nitro benzene ring substituents is 2. The minimum absolute atomic E-state index is 0.0115. The predicted octanol–water partition coefficient (Wildman–Crippen LogP) is 2.90. The molecule has 0 unspecified atom stereocenters. The molecule has 0 radical (unpaired) electrons. The van der Waals surface area contributed by atoms with Crippen LogP contribution < -0.4 is 10.2 Å². The highest BCUT2D eigenvalue weighted by Crippen LogP contribution is 2.22. The number of nitrogens with zero attached hydrogens (tertiary/aromatic N) is 3. The van der Waals surface area contributed by atoms with Gasteiger partial charge in [-0.1, -0.05) is 12.1 Å². The Balaban J connectivity index is 1.84. The second kappa shape index (κ2) is 10.0. The van der Waals surface area contributed by atoms with Crippen molar-refractivity contribution in [1.29, 1.82) is 0 Å². The molecule has 1 amide bonds. The van der Waals surface area contributed by atoms with Crippen molar-refractivity contribution in [3.8, 4) is 5.75 Å². The molecule has 28 heavy (non-hydrogen) atoms. The average Bonchev–Trinajstić information content (AvgIpc) is 2.68. The lowest BCUT2D eigenvalue weighted by atomic mass is 10.2. The first kappa shape index (κ1) is 20.8. The standard InChI is InChI=1S/C17H16N4O6S/c1-27-16-7-6-15(21(25)26)8-13(16)9-18-19-17(22)11-28-10-12-2-4-14(5-3-12)20(23)24/h2-9H,10-11H2,1H3,(H,19,22). The molecule has 2 rings (SSSR count). The summed E-state index contributed by atoms with van der Waals surface area (Å²) >= 11 is 1.32. The number of carbonyl (C=O) groups is 1. The maximum atomic E-state index is 11.8. The molecule has 0 aliphatic rings. The fraction of sp³-hybridized carbons (Fsp3) is 0.176. The molecule has 11 heteroatoms. The quantitative estimate of drug-likeness (QED) is 0.385. The molecule has 0 fully saturated rings. The Labute approximate surface area is 163 Å². The maximum absolute atomic E-state index is 11.8. The summed E-state index contributed by atoms with van der Waals surface area (Å²) in [5.41, 5.74) is 3.44. The average molecular weight is 404 g/mol. The fourth-order valence-electron chi connectivity index (χ4n) is 2.12. The van der Waals surface area contributed by atoms with Crippen LogP contribution in [0.25, 0.3) is 0 Å². The molecule has 10 nitrogen and oxygen atoms in total. The molecule has 0 atom stereocenters. The zero-order valence-corrected chi connectivity index (χ0v) is 15.5. The van der Waals surface area contributed by atoms with Gasteiger partial charge in [0.05, 0.1) is 28.9 Å². The van der Waals surface area contributed by atoms with E-state index in [0.29, 0.717) is 17.1 Å². The number of hydrazone groups is 1. The van der Waals surface area contributed by atoms with Crippen molar-refractivity contribution < 1.29 is 19.4 Å². The summed E-state index contributed by atoms with van der Waals surface area (Å²) < 4.78 is 5.10. The van der Waals surface area contributed by atoms with Crippen LogP contribution >= 0.6 is 11.8 Å². The van der Waals surface area contributed by atoms with Gasteiger partial charge in [-0.3, -0.25) is 25.0 Å². The number of ether oxygens (including phenoxy) is 1. The minimum atomic E-state index is -0.538. The lowest BCUT2D eigenvalue weighted by molar-refractivity contribution is -0.385. The summed E-state index contributed by atoms with van der Waals surface area (Å²) in [5, 5.41) is 25.2. The van der Waals surface area contributed by atoms with Gasteiger partial charge in [0.25, 0.3) is 11.4 Å². The van der Waals surface area contributed by atoms with Crippen LogP contribution in [0.3, 0.4) is 0 Å². The maximum Gasteiger partial charge on any atom is 0.270 e. The van der Waals surface area contributed by atoms with Crippen LogP contribution in [0, 0.1) is 20.2 Å². The van der Waals surface area contributed by atoms with E-state index in [9.17, 15) is 25.0 Å². The second-order valence-electron chi connectivity index (χ2n) is 5.39. The van der Waals surface area contributed by atoms with Gasteiger partial charge < -0.3 is 4.74 Å². The van der Waals surface area contributed by atoms with Gasteiger partial charge in [0.15, 0.2) is 0 Å². The van der Waals surface area contributed by atoms with Crippen molar-refractivity contribution in [2.24, 2.45) is 5.10 Å². The zero-order chi connectivity index (χ0) is 20.5. The Morgan fingerprint density at radius 3 is 2.39 bits per heavy atom. The third-order valence-electron chi connectivity index (χ3n) is 3.47. The molecule has 2 aromatic carbocycles. The van der Waals surface area contributed by atoms with Crippen molar-refractivity contribution in [2.75, 3.05) is 12.9 Å². The monoisotopic (exact) mass is 404 g/mol.